The van der Waals surface area contributed by atoms with Crippen LogP contribution in [-0.2, 0) is 9.68 Å². The molecule has 0 radical (unpaired) electrons. The predicted molar refractivity (Wildman–Crippen MR) is 92.6 cm³/mol. The minimum absolute atomic E-state index is 0.361. The third kappa shape index (κ3) is 4.52. The average molecular weight is 354 g/mol. The summed E-state index contributed by atoms with van der Waals surface area (Å²) in [7, 11) is 4.74. The summed E-state index contributed by atoms with van der Waals surface area (Å²) in [4.78, 5) is 14.4. The highest BCUT2D eigenvalue weighted by atomic mass is 35.5. The van der Waals surface area contributed by atoms with Crippen LogP contribution in [0.1, 0.15) is 0 Å². The number of benzene rings is 1. The molecule has 122 valence electrons. The first-order chi connectivity index (χ1) is 11.0. The third-order valence-electron chi connectivity index (χ3n) is 2.88. The van der Waals surface area contributed by atoms with Gasteiger partial charge in [-0.2, -0.15) is 5.06 Å². The molecule has 23 heavy (non-hydrogen) atoms. The maximum atomic E-state index is 5.83. The number of hydrogen-bond donors (Lipinski definition) is 0. The van der Waals surface area contributed by atoms with E-state index in [0.717, 1.165) is 5.69 Å². The van der Waals surface area contributed by atoms with Crippen molar-refractivity contribution in [1.82, 2.24) is 10.0 Å². The predicted octanol–water partition coefficient (Wildman–Crippen LogP) is 3.67. The van der Waals surface area contributed by atoms with Crippen LogP contribution in [0.25, 0.3) is 0 Å². The Balaban J connectivity index is 2.13. The Labute approximate surface area is 145 Å². The van der Waals surface area contributed by atoms with Gasteiger partial charge in [-0.25, -0.2) is 10.0 Å². The first-order valence-corrected chi connectivity index (χ1v) is 7.40. The Bertz CT molecular complexity index is 669. The van der Waals surface area contributed by atoms with Crippen molar-refractivity contribution < 1.29 is 14.4 Å². The van der Waals surface area contributed by atoms with E-state index in [-0.39, 0.29) is 0 Å². The molecule has 2 rings (SSSR count). The molecule has 8 heteroatoms. The summed E-state index contributed by atoms with van der Waals surface area (Å²) >= 11 is 11.1. The Morgan fingerprint density at radius 3 is 2.35 bits per heavy atom. The first kappa shape index (κ1) is 17.4. The van der Waals surface area contributed by atoms with Gasteiger partial charge >= 0.3 is 0 Å². The molecule has 0 aliphatic heterocycles. The summed E-state index contributed by atoms with van der Waals surface area (Å²) < 4.78 is 5.63. The quantitative estimate of drug-likeness (QED) is 0.461. The number of hydroxylamine groups is 3. The minimum Gasteiger partial charge on any atom is -0.439 e. The Hall–Kier alpha value is -1.93. The van der Waals surface area contributed by atoms with E-state index in [4.69, 9.17) is 38.2 Å². The molecule has 0 saturated carbocycles. The van der Waals surface area contributed by atoms with Crippen LogP contribution in [0.5, 0.6) is 11.6 Å². The number of anilines is 1. The fourth-order valence-corrected chi connectivity index (χ4v) is 2.13. The second-order valence-electron chi connectivity index (χ2n) is 4.33. The van der Waals surface area contributed by atoms with Crippen LogP contribution in [0, 0.1) is 0 Å². The molecule has 0 amide bonds. The Morgan fingerprint density at radius 1 is 1.09 bits per heavy atom. The van der Waals surface area contributed by atoms with Gasteiger partial charge in [0.1, 0.15) is 10.9 Å². The molecule has 2 aromatic rings. The number of pyridine rings is 1. The summed E-state index contributed by atoms with van der Waals surface area (Å²) in [6.45, 7) is 0. The number of thiocarbonyl (C=S) groups is 1. The maximum absolute atomic E-state index is 5.83. The molecule has 1 aromatic heterocycles. The molecule has 0 N–H and O–H groups in total. The molecule has 0 spiro atoms. The van der Waals surface area contributed by atoms with Crippen molar-refractivity contribution in [2.24, 2.45) is 0 Å². The lowest BCUT2D eigenvalue weighted by Gasteiger charge is -2.27. The van der Waals surface area contributed by atoms with Crippen molar-refractivity contribution in [3.8, 4) is 11.6 Å². The van der Waals surface area contributed by atoms with Gasteiger partial charge in [0.25, 0.3) is 0 Å². The molecule has 6 nitrogen and oxygen atoms in total. The van der Waals surface area contributed by atoms with Crippen molar-refractivity contribution in [2.45, 2.75) is 0 Å². The van der Waals surface area contributed by atoms with Gasteiger partial charge in [0, 0.05) is 13.1 Å². The number of rotatable bonds is 5. The van der Waals surface area contributed by atoms with E-state index in [1.165, 1.54) is 24.3 Å². The van der Waals surface area contributed by atoms with E-state index in [1.54, 1.807) is 49.5 Å². The fraction of sp³-hybridized carbons (Fsp3) is 0.200. The number of nitrogens with zero attached hydrogens (tertiary/aromatic N) is 3. The van der Waals surface area contributed by atoms with E-state index in [1.807, 2.05) is 0 Å². The summed E-state index contributed by atoms with van der Waals surface area (Å²) in [5.41, 5.74) is 0.729. The first-order valence-electron chi connectivity index (χ1n) is 6.61. The topological polar surface area (TPSA) is 47.1 Å². The zero-order chi connectivity index (χ0) is 16.8. The van der Waals surface area contributed by atoms with E-state index in [9.17, 15) is 0 Å². The lowest BCUT2D eigenvalue weighted by atomic mass is 10.3. The number of aromatic nitrogens is 1. The van der Waals surface area contributed by atoms with Crippen molar-refractivity contribution in [3.63, 3.8) is 0 Å². The van der Waals surface area contributed by atoms with Crippen molar-refractivity contribution in [2.75, 3.05) is 26.3 Å². The zero-order valence-corrected chi connectivity index (χ0v) is 14.5. The smallest absolute Gasteiger partial charge is 0.224 e. The van der Waals surface area contributed by atoms with Gasteiger partial charge in [-0.3, -0.25) is 9.68 Å². The second kappa shape index (κ2) is 8.07. The van der Waals surface area contributed by atoms with Gasteiger partial charge in [0.15, 0.2) is 0 Å². The molecule has 0 aliphatic carbocycles. The number of ether oxygens (including phenoxy) is 1. The van der Waals surface area contributed by atoms with Gasteiger partial charge < -0.3 is 4.74 Å². The van der Waals surface area contributed by atoms with Crippen molar-refractivity contribution >= 4 is 34.6 Å². The summed E-state index contributed by atoms with van der Waals surface area (Å²) in [6.07, 6.45) is 0. The van der Waals surface area contributed by atoms with Gasteiger partial charge in [-0.1, -0.05) is 17.7 Å². The SMILES string of the molecule is CON(C)C(=S)N(OC)c1ccc(Oc2cccc(Cl)n2)cc1. The van der Waals surface area contributed by atoms with Crippen LogP contribution in [0.3, 0.4) is 0 Å². The molecular formula is C15H16ClN3O3S. The van der Waals surface area contributed by atoms with Gasteiger partial charge in [-0.05, 0) is 42.5 Å². The Morgan fingerprint density at radius 2 is 1.78 bits per heavy atom. The van der Waals surface area contributed by atoms with Gasteiger partial charge in [0.2, 0.25) is 11.0 Å². The highest BCUT2D eigenvalue weighted by molar-refractivity contribution is 7.80. The normalized spacial score (nSPS) is 10.3. The number of halogens is 1. The van der Waals surface area contributed by atoms with Crippen LogP contribution in [0.4, 0.5) is 5.69 Å². The molecule has 1 heterocycles. The highest BCUT2D eigenvalue weighted by Crippen LogP contribution is 2.24. The van der Waals surface area contributed by atoms with E-state index >= 15 is 0 Å². The van der Waals surface area contributed by atoms with Gasteiger partial charge in [-0.15, -0.1) is 0 Å². The molecule has 0 aliphatic rings. The van der Waals surface area contributed by atoms with Crippen LogP contribution < -0.4 is 9.80 Å². The standard InChI is InChI=1S/C15H16ClN3O3S/c1-18(20-2)15(23)19(21-3)11-7-9-12(10-8-11)22-14-6-4-5-13(16)17-14/h4-10H,1-3H3. The summed E-state index contributed by atoms with van der Waals surface area (Å²) in [5.74, 6) is 1.04. The van der Waals surface area contributed by atoms with Crippen LogP contribution in [0.2, 0.25) is 5.15 Å². The summed E-state index contributed by atoms with van der Waals surface area (Å²) in [5, 5.41) is 3.61. The van der Waals surface area contributed by atoms with Crippen molar-refractivity contribution in [3.05, 3.63) is 47.6 Å². The molecule has 0 bridgehead atoms. The van der Waals surface area contributed by atoms with E-state index in [0.29, 0.717) is 21.9 Å². The van der Waals surface area contributed by atoms with Crippen LogP contribution in [0.15, 0.2) is 42.5 Å². The molecule has 0 fully saturated rings. The van der Waals surface area contributed by atoms with Crippen LogP contribution >= 0.6 is 23.8 Å². The monoisotopic (exact) mass is 353 g/mol. The maximum Gasteiger partial charge on any atom is 0.224 e. The third-order valence-corrected chi connectivity index (χ3v) is 3.52. The zero-order valence-electron chi connectivity index (χ0n) is 12.9. The molecular weight excluding hydrogens is 338 g/mol. The average Bonchev–Trinajstić information content (AvgIpc) is 2.56. The molecule has 0 unspecified atom stereocenters. The lowest BCUT2D eigenvalue weighted by Crippen LogP contribution is -2.39. The Kier molecular flexibility index (Phi) is 6.12. The van der Waals surface area contributed by atoms with E-state index in [2.05, 4.69) is 4.98 Å². The van der Waals surface area contributed by atoms with Crippen molar-refractivity contribution in [1.29, 1.82) is 0 Å². The molecule has 1 aromatic carbocycles. The second-order valence-corrected chi connectivity index (χ2v) is 5.09. The largest absolute Gasteiger partial charge is 0.439 e. The van der Waals surface area contributed by atoms with E-state index < -0.39 is 0 Å². The van der Waals surface area contributed by atoms with Crippen LogP contribution in [-0.4, -0.2) is 36.4 Å². The van der Waals surface area contributed by atoms with Gasteiger partial charge in [0.05, 0.1) is 19.9 Å². The molecule has 0 saturated heterocycles. The summed E-state index contributed by atoms with van der Waals surface area (Å²) in [6, 6.07) is 12.3. The highest BCUT2D eigenvalue weighted by Gasteiger charge is 2.16. The molecule has 0 atom stereocenters. The fourth-order valence-electron chi connectivity index (χ4n) is 1.72. The number of hydrogen-bond acceptors (Lipinski definition) is 5. The minimum atomic E-state index is 0.361. The lowest BCUT2D eigenvalue weighted by molar-refractivity contribution is -0.0458.